The van der Waals surface area contributed by atoms with Crippen LogP contribution in [-0.2, 0) is 20.7 Å². The fourth-order valence-corrected chi connectivity index (χ4v) is 3.99. The first-order valence-corrected chi connectivity index (χ1v) is 13.4. The number of hydrogen-bond acceptors (Lipinski definition) is 6. The monoisotopic (exact) mass is 507 g/mol. The van der Waals surface area contributed by atoms with E-state index in [-0.39, 0.29) is 24.0 Å². The van der Waals surface area contributed by atoms with Gasteiger partial charge >= 0.3 is 12.1 Å². The van der Waals surface area contributed by atoms with Gasteiger partial charge in [-0.2, -0.15) is 0 Å². The molecule has 7 heteroatoms. The Morgan fingerprint density at radius 3 is 2.33 bits per heavy atom. The van der Waals surface area contributed by atoms with Crippen LogP contribution in [0.3, 0.4) is 0 Å². The molecule has 1 fully saturated rings. The minimum Gasteiger partial charge on any atom is -0.493 e. The summed E-state index contributed by atoms with van der Waals surface area (Å²) in [5.74, 6) is 1.84. The van der Waals surface area contributed by atoms with E-state index in [0.717, 1.165) is 29.9 Å². The molecule has 1 aliphatic rings. The van der Waals surface area contributed by atoms with Crippen LogP contribution in [0.5, 0.6) is 11.5 Å². The average Bonchev–Trinajstić information content (AvgIpc) is 3.22. The second kappa shape index (κ2) is 15.6. The van der Waals surface area contributed by atoms with Crippen LogP contribution in [0.25, 0.3) is 0 Å². The maximum Gasteiger partial charge on any atom is 0.408 e. The lowest BCUT2D eigenvalue weighted by atomic mass is 9.82. The summed E-state index contributed by atoms with van der Waals surface area (Å²) in [6.07, 6.45) is 3.79. The summed E-state index contributed by atoms with van der Waals surface area (Å²) >= 11 is 0. The summed E-state index contributed by atoms with van der Waals surface area (Å²) in [5, 5.41) is 2.98. The van der Waals surface area contributed by atoms with Gasteiger partial charge in [0.25, 0.3) is 0 Å². The predicted octanol–water partition coefficient (Wildman–Crippen LogP) is 6.70. The molecule has 7 nitrogen and oxygen atoms in total. The lowest BCUT2D eigenvalue weighted by Crippen LogP contribution is -2.47. The molecule has 206 valence electrons. The van der Waals surface area contributed by atoms with Crippen LogP contribution in [0.15, 0.2) is 18.2 Å². The number of carbonyl (C=O) groups excluding carboxylic acids is 2. The number of carbonyl (C=O) groups is 2. The van der Waals surface area contributed by atoms with Crippen molar-refractivity contribution < 1.29 is 28.5 Å². The number of benzene rings is 1. The first-order chi connectivity index (χ1) is 16.9. The first-order valence-electron chi connectivity index (χ1n) is 13.4. The van der Waals surface area contributed by atoms with Gasteiger partial charge in [-0.05, 0) is 76.0 Å². The Hall–Kier alpha value is -2.44. The highest BCUT2D eigenvalue weighted by Gasteiger charge is 2.35. The van der Waals surface area contributed by atoms with Crippen molar-refractivity contribution in [2.24, 2.45) is 11.8 Å². The molecule has 1 aromatic carbocycles. The molecule has 3 atom stereocenters. The summed E-state index contributed by atoms with van der Waals surface area (Å²) < 4.78 is 22.3. The topological polar surface area (TPSA) is 83.1 Å². The van der Waals surface area contributed by atoms with E-state index < -0.39 is 11.7 Å². The zero-order chi connectivity index (χ0) is 27.3. The minimum atomic E-state index is -0.601. The quantitative estimate of drug-likeness (QED) is 0.335. The third-order valence-electron chi connectivity index (χ3n) is 5.75. The lowest BCUT2D eigenvalue weighted by Gasteiger charge is -2.31. The molecule has 1 N–H and O–H groups in total. The number of cyclic esters (lactones) is 1. The molecule has 1 amide bonds. The highest BCUT2D eigenvalue weighted by atomic mass is 16.6. The van der Waals surface area contributed by atoms with Crippen molar-refractivity contribution in [1.82, 2.24) is 5.32 Å². The van der Waals surface area contributed by atoms with E-state index >= 15 is 0 Å². The number of amides is 1. The second-order valence-electron chi connectivity index (χ2n) is 10.8. The molecular formula is C29H49NO6. The molecule has 1 saturated heterocycles. The maximum absolute atomic E-state index is 12.5. The van der Waals surface area contributed by atoms with E-state index in [0.29, 0.717) is 31.8 Å². The summed E-state index contributed by atoms with van der Waals surface area (Å²) in [4.78, 5) is 24.3. The third-order valence-corrected chi connectivity index (χ3v) is 5.75. The van der Waals surface area contributed by atoms with Crippen molar-refractivity contribution in [2.75, 3.05) is 13.7 Å². The number of alkyl carbamates (subject to hydrolysis) is 1. The molecule has 0 bridgehead atoms. The fourth-order valence-electron chi connectivity index (χ4n) is 3.99. The smallest absolute Gasteiger partial charge is 0.408 e. The van der Waals surface area contributed by atoms with Crippen molar-refractivity contribution in [1.29, 1.82) is 0 Å². The third kappa shape index (κ3) is 11.5. The van der Waals surface area contributed by atoms with E-state index in [1.807, 2.05) is 32.9 Å². The largest absolute Gasteiger partial charge is 0.493 e. The molecule has 1 aromatic rings. The summed E-state index contributed by atoms with van der Waals surface area (Å²) in [7, 11) is 1.64. The van der Waals surface area contributed by atoms with Gasteiger partial charge in [0.1, 0.15) is 11.7 Å². The molecule has 1 aliphatic heterocycles. The first kappa shape index (κ1) is 31.6. The zero-order valence-electron chi connectivity index (χ0n) is 23.9. The van der Waals surface area contributed by atoms with Gasteiger partial charge in [0.05, 0.1) is 19.8 Å². The molecule has 0 saturated carbocycles. The van der Waals surface area contributed by atoms with Gasteiger partial charge in [-0.3, -0.25) is 4.79 Å². The van der Waals surface area contributed by atoms with Gasteiger partial charge in [0.2, 0.25) is 0 Å². The number of methoxy groups -OCH3 is 1. The number of esters is 1. The standard InChI is InChI=1S/C26H41NO6.C3H8/c1-8-13-31-23-15-18(9-10-22(23)30-7)14-19(17(2)3)16-20(21-11-12-24(28)32-21)27-25(29)33-26(4,5)6;1-3-2/h9-10,15,17,19-21H,8,11-14,16H2,1-7H3,(H,27,29);3H2,1-2H3. The van der Waals surface area contributed by atoms with E-state index in [1.54, 1.807) is 7.11 Å². The van der Waals surface area contributed by atoms with Crippen LogP contribution >= 0.6 is 0 Å². The number of nitrogens with one attached hydrogen (secondary N) is 1. The SMILES string of the molecule is CCC.CCCOc1cc(CC(CC(NC(=O)OC(C)(C)C)C2CCC(=O)O2)C(C)C)ccc1OC. The summed E-state index contributed by atoms with van der Waals surface area (Å²) in [6.45, 7) is 16.8. The Kier molecular flexibility index (Phi) is 13.7. The van der Waals surface area contributed by atoms with Crippen molar-refractivity contribution in [2.45, 2.75) is 112 Å². The lowest BCUT2D eigenvalue weighted by molar-refractivity contribution is -0.142. The molecule has 2 rings (SSSR count). The van der Waals surface area contributed by atoms with E-state index in [4.69, 9.17) is 18.9 Å². The molecule has 3 unspecified atom stereocenters. The average molecular weight is 508 g/mol. The van der Waals surface area contributed by atoms with Crippen LogP contribution in [0.2, 0.25) is 0 Å². The van der Waals surface area contributed by atoms with E-state index in [2.05, 4.69) is 46.0 Å². The predicted molar refractivity (Wildman–Crippen MR) is 144 cm³/mol. The molecule has 36 heavy (non-hydrogen) atoms. The van der Waals surface area contributed by atoms with Crippen LogP contribution in [0.4, 0.5) is 4.79 Å². The van der Waals surface area contributed by atoms with Gasteiger partial charge < -0.3 is 24.3 Å². The molecule has 1 heterocycles. The van der Waals surface area contributed by atoms with Crippen LogP contribution in [0.1, 0.15) is 93.1 Å². The summed E-state index contributed by atoms with van der Waals surface area (Å²) in [6, 6.07) is 5.72. The number of rotatable bonds is 11. The Bertz CT molecular complexity index is 801. The van der Waals surface area contributed by atoms with Gasteiger partial charge in [0.15, 0.2) is 11.5 Å². The van der Waals surface area contributed by atoms with Crippen molar-refractivity contribution in [3.05, 3.63) is 23.8 Å². The second-order valence-corrected chi connectivity index (χ2v) is 10.8. The maximum atomic E-state index is 12.5. The van der Waals surface area contributed by atoms with Crippen LogP contribution in [0, 0.1) is 11.8 Å². The Labute approximate surface area is 218 Å². The molecule has 0 aromatic heterocycles. The summed E-state index contributed by atoms with van der Waals surface area (Å²) in [5.41, 5.74) is 0.538. The highest BCUT2D eigenvalue weighted by Crippen LogP contribution is 2.32. The van der Waals surface area contributed by atoms with E-state index in [9.17, 15) is 9.59 Å². The van der Waals surface area contributed by atoms with Crippen molar-refractivity contribution in [3.8, 4) is 11.5 Å². The Morgan fingerprint density at radius 2 is 1.83 bits per heavy atom. The van der Waals surface area contributed by atoms with Crippen LogP contribution in [-0.4, -0.2) is 43.5 Å². The highest BCUT2D eigenvalue weighted by molar-refractivity contribution is 5.72. The normalized spacial score (nSPS) is 16.9. The molecule has 0 aliphatic carbocycles. The van der Waals surface area contributed by atoms with Gasteiger partial charge in [0, 0.05) is 6.42 Å². The molecular weight excluding hydrogens is 458 g/mol. The number of hydrogen-bond donors (Lipinski definition) is 1. The fraction of sp³-hybridized carbons (Fsp3) is 0.724. The molecule has 0 spiro atoms. The Morgan fingerprint density at radius 1 is 1.17 bits per heavy atom. The van der Waals surface area contributed by atoms with Crippen molar-refractivity contribution in [3.63, 3.8) is 0 Å². The van der Waals surface area contributed by atoms with Gasteiger partial charge in [-0.1, -0.05) is 47.1 Å². The van der Waals surface area contributed by atoms with Crippen LogP contribution < -0.4 is 14.8 Å². The molecule has 0 radical (unpaired) electrons. The Balaban J connectivity index is 0.00000205. The van der Waals surface area contributed by atoms with Gasteiger partial charge in [-0.15, -0.1) is 0 Å². The number of ether oxygens (including phenoxy) is 4. The van der Waals surface area contributed by atoms with Crippen molar-refractivity contribution >= 4 is 12.1 Å². The van der Waals surface area contributed by atoms with Gasteiger partial charge in [-0.25, -0.2) is 4.79 Å². The minimum absolute atomic E-state index is 0.218. The van der Waals surface area contributed by atoms with E-state index in [1.165, 1.54) is 6.42 Å². The zero-order valence-corrected chi connectivity index (χ0v) is 23.9.